The summed E-state index contributed by atoms with van der Waals surface area (Å²) in [7, 11) is 1.51. The molecule has 2 aromatic rings. The standard InChI is InChI=1S/C18H20N4O3S/c1-11(23)19-15-9-12(7-8-17(15)25-2)16(24)10-26-18-20-13-5-3-4-6-14(13)21-22-18/h7-9H,3-6,10H2,1-2H3,(H,19,23). The van der Waals surface area contributed by atoms with Crippen LogP contribution in [0.3, 0.4) is 0 Å². The van der Waals surface area contributed by atoms with Gasteiger partial charge in [-0.15, -0.1) is 5.10 Å². The minimum Gasteiger partial charge on any atom is -0.495 e. The predicted octanol–water partition coefficient (Wildman–Crippen LogP) is 2.69. The van der Waals surface area contributed by atoms with Gasteiger partial charge in [0.1, 0.15) is 5.75 Å². The van der Waals surface area contributed by atoms with Crippen molar-refractivity contribution in [3.05, 3.63) is 35.2 Å². The van der Waals surface area contributed by atoms with Gasteiger partial charge in [-0.05, 0) is 43.9 Å². The molecule has 0 saturated carbocycles. The summed E-state index contributed by atoms with van der Waals surface area (Å²) in [6.45, 7) is 1.41. The molecule has 1 heterocycles. The highest BCUT2D eigenvalue weighted by molar-refractivity contribution is 7.99. The largest absolute Gasteiger partial charge is 0.495 e. The number of carbonyl (C=O) groups excluding carboxylic acids is 2. The number of anilines is 1. The summed E-state index contributed by atoms with van der Waals surface area (Å²) in [6.07, 6.45) is 4.09. The number of hydrogen-bond acceptors (Lipinski definition) is 7. The van der Waals surface area contributed by atoms with Crippen molar-refractivity contribution in [1.29, 1.82) is 0 Å². The Labute approximate surface area is 156 Å². The van der Waals surface area contributed by atoms with Crippen LogP contribution in [0.15, 0.2) is 23.4 Å². The molecule has 1 amide bonds. The summed E-state index contributed by atoms with van der Waals surface area (Å²) in [4.78, 5) is 28.3. The molecule has 0 saturated heterocycles. The van der Waals surface area contributed by atoms with Crippen molar-refractivity contribution in [2.75, 3.05) is 18.2 Å². The van der Waals surface area contributed by atoms with Crippen LogP contribution in [0.5, 0.6) is 5.75 Å². The Morgan fingerprint density at radius 3 is 2.69 bits per heavy atom. The van der Waals surface area contributed by atoms with Crippen LogP contribution >= 0.6 is 11.8 Å². The zero-order chi connectivity index (χ0) is 18.5. The number of fused-ring (bicyclic) bond motifs is 1. The zero-order valence-electron chi connectivity index (χ0n) is 14.7. The Hall–Kier alpha value is -2.48. The lowest BCUT2D eigenvalue weighted by Crippen LogP contribution is -2.11. The number of aromatic nitrogens is 3. The SMILES string of the molecule is COc1ccc(C(=O)CSc2nnc3c(n2)CCCC3)cc1NC(C)=O. The molecular formula is C18H20N4O3S. The highest BCUT2D eigenvalue weighted by Crippen LogP contribution is 2.27. The average Bonchev–Trinajstić information content (AvgIpc) is 2.65. The molecule has 26 heavy (non-hydrogen) atoms. The number of Topliss-reactive ketones (excluding diaryl/α,β-unsaturated/α-hetero) is 1. The molecule has 0 atom stereocenters. The molecule has 136 valence electrons. The lowest BCUT2D eigenvalue weighted by atomic mass is 10.0. The maximum Gasteiger partial charge on any atom is 0.221 e. The van der Waals surface area contributed by atoms with Crippen LogP contribution in [-0.2, 0) is 17.6 Å². The van der Waals surface area contributed by atoms with Crippen molar-refractivity contribution in [2.45, 2.75) is 37.8 Å². The number of methoxy groups -OCH3 is 1. The Kier molecular flexibility index (Phi) is 5.82. The van der Waals surface area contributed by atoms with Crippen LogP contribution in [0.1, 0.15) is 41.5 Å². The van der Waals surface area contributed by atoms with Crippen molar-refractivity contribution in [1.82, 2.24) is 15.2 Å². The molecule has 0 radical (unpaired) electrons. The second-order valence-electron chi connectivity index (χ2n) is 6.00. The number of carbonyl (C=O) groups is 2. The first-order chi connectivity index (χ1) is 12.6. The third-order valence-corrected chi connectivity index (χ3v) is 4.90. The number of nitrogens with one attached hydrogen (secondary N) is 1. The lowest BCUT2D eigenvalue weighted by Gasteiger charge is -2.13. The second kappa shape index (κ2) is 8.27. The normalized spacial score (nSPS) is 13.0. The Morgan fingerprint density at radius 2 is 1.96 bits per heavy atom. The minimum atomic E-state index is -0.226. The average molecular weight is 372 g/mol. The van der Waals surface area contributed by atoms with Gasteiger partial charge in [-0.25, -0.2) is 4.98 Å². The third kappa shape index (κ3) is 4.37. The number of amides is 1. The van der Waals surface area contributed by atoms with Gasteiger partial charge in [0.2, 0.25) is 11.1 Å². The highest BCUT2D eigenvalue weighted by atomic mass is 32.2. The molecule has 0 aliphatic heterocycles. The minimum absolute atomic E-state index is 0.0782. The smallest absolute Gasteiger partial charge is 0.221 e. The summed E-state index contributed by atoms with van der Waals surface area (Å²) in [5, 5.41) is 11.5. The van der Waals surface area contributed by atoms with Crippen LogP contribution in [-0.4, -0.2) is 39.7 Å². The summed E-state index contributed by atoms with van der Waals surface area (Å²) >= 11 is 1.27. The molecule has 8 heteroatoms. The van der Waals surface area contributed by atoms with E-state index in [-0.39, 0.29) is 17.4 Å². The van der Waals surface area contributed by atoms with Gasteiger partial charge >= 0.3 is 0 Å². The van der Waals surface area contributed by atoms with Gasteiger partial charge < -0.3 is 10.1 Å². The van der Waals surface area contributed by atoms with Gasteiger partial charge in [0, 0.05) is 12.5 Å². The molecule has 1 aromatic carbocycles. The van der Waals surface area contributed by atoms with Crippen LogP contribution in [0.2, 0.25) is 0 Å². The number of rotatable bonds is 6. The topological polar surface area (TPSA) is 94.1 Å². The van der Waals surface area contributed by atoms with E-state index < -0.39 is 0 Å². The lowest BCUT2D eigenvalue weighted by molar-refractivity contribution is -0.114. The van der Waals surface area contributed by atoms with Crippen LogP contribution < -0.4 is 10.1 Å². The van der Waals surface area contributed by atoms with Gasteiger partial charge in [0.25, 0.3) is 0 Å². The van der Waals surface area contributed by atoms with Crippen molar-refractivity contribution >= 4 is 29.1 Å². The molecule has 1 aliphatic rings. The van der Waals surface area contributed by atoms with Gasteiger partial charge in [-0.3, -0.25) is 9.59 Å². The Balaban J connectivity index is 1.69. The third-order valence-electron chi connectivity index (χ3n) is 4.06. The number of benzene rings is 1. The molecule has 0 fully saturated rings. The summed E-state index contributed by atoms with van der Waals surface area (Å²) in [5.74, 6) is 0.403. The number of hydrogen-bond donors (Lipinski definition) is 1. The van der Waals surface area contributed by atoms with Gasteiger partial charge in [-0.2, -0.15) is 5.10 Å². The first-order valence-electron chi connectivity index (χ1n) is 8.41. The van der Waals surface area contributed by atoms with E-state index in [1.54, 1.807) is 18.2 Å². The fourth-order valence-electron chi connectivity index (χ4n) is 2.79. The predicted molar refractivity (Wildman–Crippen MR) is 98.8 cm³/mol. The summed E-state index contributed by atoms with van der Waals surface area (Å²) in [6, 6.07) is 4.97. The van der Waals surface area contributed by atoms with Crippen molar-refractivity contribution in [3.8, 4) is 5.75 Å². The van der Waals surface area contributed by atoms with E-state index in [4.69, 9.17) is 4.74 Å². The molecule has 1 aliphatic carbocycles. The van der Waals surface area contributed by atoms with Gasteiger partial charge in [-0.1, -0.05) is 11.8 Å². The second-order valence-corrected chi connectivity index (χ2v) is 6.95. The monoisotopic (exact) mass is 372 g/mol. The van der Waals surface area contributed by atoms with E-state index in [9.17, 15) is 9.59 Å². The molecular weight excluding hydrogens is 352 g/mol. The van der Waals surface area contributed by atoms with E-state index in [0.717, 1.165) is 37.1 Å². The summed E-state index contributed by atoms with van der Waals surface area (Å²) in [5.41, 5.74) is 2.94. The van der Waals surface area contributed by atoms with Crippen molar-refractivity contribution in [2.24, 2.45) is 0 Å². The van der Waals surface area contributed by atoms with Crippen molar-refractivity contribution in [3.63, 3.8) is 0 Å². The molecule has 0 spiro atoms. The van der Waals surface area contributed by atoms with Crippen LogP contribution in [0.25, 0.3) is 0 Å². The molecule has 0 unspecified atom stereocenters. The van der Waals surface area contributed by atoms with E-state index in [2.05, 4.69) is 20.5 Å². The number of aryl methyl sites for hydroxylation is 2. The molecule has 7 nitrogen and oxygen atoms in total. The van der Waals surface area contributed by atoms with Crippen molar-refractivity contribution < 1.29 is 14.3 Å². The zero-order valence-corrected chi connectivity index (χ0v) is 15.6. The maximum atomic E-state index is 12.5. The van der Waals surface area contributed by atoms with Gasteiger partial charge in [0.15, 0.2) is 5.78 Å². The Morgan fingerprint density at radius 1 is 1.19 bits per heavy atom. The fourth-order valence-corrected chi connectivity index (χ4v) is 3.49. The summed E-state index contributed by atoms with van der Waals surface area (Å²) < 4.78 is 5.20. The number of ketones is 1. The van der Waals surface area contributed by atoms with Crippen LogP contribution in [0, 0.1) is 0 Å². The quantitative estimate of drug-likeness (QED) is 0.615. The van der Waals surface area contributed by atoms with E-state index in [0.29, 0.717) is 22.2 Å². The Bertz CT molecular complexity index is 841. The van der Waals surface area contributed by atoms with E-state index in [1.165, 1.54) is 25.8 Å². The van der Waals surface area contributed by atoms with Gasteiger partial charge in [0.05, 0.1) is 29.9 Å². The molecule has 0 bridgehead atoms. The molecule has 1 N–H and O–H groups in total. The number of ether oxygens (including phenoxy) is 1. The molecule has 1 aromatic heterocycles. The first kappa shape index (κ1) is 18.3. The van der Waals surface area contributed by atoms with E-state index in [1.807, 2.05) is 0 Å². The maximum absolute atomic E-state index is 12.5. The van der Waals surface area contributed by atoms with Crippen LogP contribution in [0.4, 0.5) is 5.69 Å². The fraction of sp³-hybridized carbons (Fsp3) is 0.389. The number of nitrogens with zero attached hydrogens (tertiary/aromatic N) is 3. The highest BCUT2D eigenvalue weighted by Gasteiger charge is 2.16. The number of thioether (sulfide) groups is 1. The van der Waals surface area contributed by atoms with E-state index >= 15 is 0 Å². The first-order valence-corrected chi connectivity index (χ1v) is 9.39. The molecule has 3 rings (SSSR count).